The van der Waals surface area contributed by atoms with Crippen molar-refractivity contribution in [2.45, 2.75) is 70.9 Å². The second-order valence-electron chi connectivity index (χ2n) is 9.31. The van der Waals surface area contributed by atoms with Gasteiger partial charge in [-0.15, -0.1) is 0 Å². The molecule has 0 unspecified atom stereocenters. The van der Waals surface area contributed by atoms with Gasteiger partial charge >= 0.3 is 5.97 Å². The molecule has 1 fully saturated rings. The van der Waals surface area contributed by atoms with Gasteiger partial charge in [0.25, 0.3) is 0 Å². The molecule has 1 heterocycles. The van der Waals surface area contributed by atoms with E-state index in [-0.39, 0.29) is 23.5 Å². The van der Waals surface area contributed by atoms with Crippen molar-refractivity contribution in [2.24, 2.45) is 11.8 Å². The lowest BCUT2D eigenvalue weighted by molar-refractivity contribution is -0.0419. The molecule has 0 saturated carbocycles. The summed E-state index contributed by atoms with van der Waals surface area (Å²) in [5.74, 6) is 0.477. The Hall–Kier alpha value is -2.25. The van der Waals surface area contributed by atoms with Gasteiger partial charge in [0.05, 0.1) is 38.6 Å². The number of hydrogen-bond acceptors (Lipinski definition) is 7. The number of epoxide rings is 1. The van der Waals surface area contributed by atoms with Crippen LogP contribution in [0.5, 0.6) is 17.2 Å². The molecule has 1 aliphatic heterocycles. The first-order valence-corrected chi connectivity index (χ1v) is 11.2. The molecule has 0 radical (unpaired) electrons. The van der Waals surface area contributed by atoms with E-state index in [2.05, 4.69) is 6.08 Å². The zero-order valence-corrected chi connectivity index (χ0v) is 20.1. The van der Waals surface area contributed by atoms with E-state index in [0.717, 1.165) is 18.4 Å². The van der Waals surface area contributed by atoms with Crippen LogP contribution in [0.15, 0.2) is 23.8 Å². The van der Waals surface area contributed by atoms with Crippen LogP contribution >= 0.6 is 0 Å². The normalized spacial score (nSPS) is 30.1. The number of hydrogen-bond donors (Lipinski definition) is 1. The highest BCUT2D eigenvalue weighted by Crippen LogP contribution is 2.47. The van der Waals surface area contributed by atoms with Crippen LogP contribution < -0.4 is 14.2 Å². The average Bonchev–Trinajstić information content (AvgIpc) is 3.43. The molecule has 0 bridgehead atoms. The maximum Gasteiger partial charge on any atom is 0.338 e. The molecule has 178 valence electrons. The Morgan fingerprint density at radius 3 is 2.31 bits per heavy atom. The fourth-order valence-electron chi connectivity index (χ4n) is 4.80. The Labute approximate surface area is 190 Å². The number of aliphatic hydroxyl groups excluding tert-OH is 1. The van der Waals surface area contributed by atoms with E-state index in [1.807, 2.05) is 27.7 Å². The predicted octanol–water partition coefficient (Wildman–Crippen LogP) is 4.16. The van der Waals surface area contributed by atoms with Gasteiger partial charge in [-0.25, -0.2) is 4.79 Å². The summed E-state index contributed by atoms with van der Waals surface area (Å²) in [6.45, 7) is 8.16. The highest BCUT2D eigenvalue weighted by Gasteiger charge is 2.58. The molecular weight excluding hydrogens is 412 g/mol. The first kappa shape index (κ1) is 24.4. The van der Waals surface area contributed by atoms with Crippen LogP contribution in [0.25, 0.3) is 0 Å². The number of benzene rings is 1. The minimum absolute atomic E-state index is 0.0865. The van der Waals surface area contributed by atoms with Crippen LogP contribution in [0.4, 0.5) is 0 Å². The molecule has 1 aliphatic carbocycles. The lowest BCUT2D eigenvalue weighted by atomic mass is 9.78. The number of methoxy groups -OCH3 is 3. The SMILES string of the molecule is COc1cc(C(=O)O[C@H]2CC(C)=CCC[C@@]3(C)O[C@@H]3[C@H](O)[C@@H]2C(C)C)cc(OC)c1OC. The van der Waals surface area contributed by atoms with Crippen LogP contribution in [0.3, 0.4) is 0 Å². The van der Waals surface area contributed by atoms with Crippen molar-refractivity contribution in [3.05, 3.63) is 29.3 Å². The minimum Gasteiger partial charge on any atom is -0.493 e. The first-order chi connectivity index (χ1) is 15.1. The predicted molar refractivity (Wildman–Crippen MR) is 121 cm³/mol. The Balaban J connectivity index is 1.93. The largest absolute Gasteiger partial charge is 0.493 e. The van der Waals surface area contributed by atoms with Crippen molar-refractivity contribution in [3.8, 4) is 17.2 Å². The van der Waals surface area contributed by atoms with Crippen LogP contribution in [-0.4, -0.2) is 56.3 Å². The summed E-state index contributed by atoms with van der Waals surface area (Å²) >= 11 is 0. The molecule has 7 heteroatoms. The summed E-state index contributed by atoms with van der Waals surface area (Å²) in [7, 11) is 4.51. The molecule has 2 aliphatic rings. The fourth-order valence-corrected chi connectivity index (χ4v) is 4.80. The topological polar surface area (TPSA) is 86.8 Å². The third kappa shape index (κ3) is 4.89. The minimum atomic E-state index is -0.719. The molecule has 1 aromatic rings. The maximum absolute atomic E-state index is 13.2. The molecule has 5 atom stereocenters. The fraction of sp³-hybridized carbons (Fsp3) is 0.640. The number of ether oxygens (including phenoxy) is 5. The molecule has 7 nitrogen and oxygen atoms in total. The second-order valence-corrected chi connectivity index (χ2v) is 9.31. The number of aliphatic hydroxyl groups is 1. The second kappa shape index (κ2) is 9.71. The Morgan fingerprint density at radius 1 is 1.16 bits per heavy atom. The summed E-state index contributed by atoms with van der Waals surface area (Å²) in [6.07, 6.45) is 3.00. The molecule has 1 aromatic carbocycles. The Bertz CT molecular complexity index is 837. The van der Waals surface area contributed by atoms with E-state index >= 15 is 0 Å². The van der Waals surface area contributed by atoms with Gasteiger partial charge < -0.3 is 28.8 Å². The number of esters is 1. The number of carbonyl (C=O) groups is 1. The van der Waals surface area contributed by atoms with E-state index in [1.54, 1.807) is 12.1 Å². The standard InChI is InChI=1S/C25H36O7/c1-14(2)20-17(11-15(3)9-8-10-25(4)23(32-25)21(20)26)31-24(27)16-12-18(28-5)22(30-7)19(13-16)29-6/h9,12-14,17,20-21,23,26H,8,10-11H2,1-7H3/t17-,20+,21+,23+,25+/m0/s1. The van der Waals surface area contributed by atoms with E-state index in [9.17, 15) is 9.90 Å². The summed E-state index contributed by atoms with van der Waals surface area (Å²) in [5, 5.41) is 11.2. The van der Waals surface area contributed by atoms with Crippen molar-refractivity contribution in [1.29, 1.82) is 0 Å². The monoisotopic (exact) mass is 448 g/mol. The van der Waals surface area contributed by atoms with E-state index in [1.165, 1.54) is 21.3 Å². The summed E-state index contributed by atoms with van der Waals surface area (Å²) in [6, 6.07) is 3.16. The van der Waals surface area contributed by atoms with Gasteiger partial charge in [-0.2, -0.15) is 0 Å². The number of fused-ring (bicyclic) bond motifs is 1. The van der Waals surface area contributed by atoms with Crippen molar-refractivity contribution in [2.75, 3.05) is 21.3 Å². The van der Waals surface area contributed by atoms with Crippen LogP contribution in [-0.2, 0) is 9.47 Å². The van der Waals surface area contributed by atoms with Gasteiger partial charge in [0.1, 0.15) is 12.2 Å². The van der Waals surface area contributed by atoms with Crippen molar-refractivity contribution >= 4 is 5.97 Å². The van der Waals surface area contributed by atoms with E-state index < -0.39 is 18.2 Å². The molecule has 0 aromatic heterocycles. The van der Waals surface area contributed by atoms with Gasteiger partial charge in [-0.3, -0.25) is 0 Å². The summed E-state index contributed by atoms with van der Waals surface area (Å²) in [4.78, 5) is 13.2. The van der Waals surface area contributed by atoms with Crippen molar-refractivity contribution < 1.29 is 33.6 Å². The Kier molecular flexibility index (Phi) is 7.40. The quantitative estimate of drug-likeness (QED) is 0.397. The van der Waals surface area contributed by atoms with Gasteiger partial charge in [0, 0.05) is 12.3 Å². The average molecular weight is 449 g/mol. The lowest BCUT2D eigenvalue weighted by Crippen LogP contribution is -2.43. The van der Waals surface area contributed by atoms with E-state index in [4.69, 9.17) is 23.7 Å². The zero-order valence-electron chi connectivity index (χ0n) is 20.1. The third-order valence-corrected chi connectivity index (χ3v) is 6.66. The summed E-state index contributed by atoms with van der Waals surface area (Å²) in [5.41, 5.74) is 1.10. The highest BCUT2D eigenvalue weighted by atomic mass is 16.6. The maximum atomic E-state index is 13.2. The number of rotatable bonds is 6. The van der Waals surface area contributed by atoms with Crippen LogP contribution in [0.1, 0.15) is 57.3 Å². The molecular formula is C25H36O7. The molecule has 0 amide bonds. The molecule has 1 saturated heterocycles. The summed E-state index contributed by atoms with van der Waals surface area (Å²) < 4.78 is 28.1. The highest BCUT2D eigenvalue weighted by molar-refractivity contribution is 5.91. The van der Waals surface area contributed by atoms with Crippen LogP contribution in [0.2, 0.25) is 0 Å². The Morgan fingerprint density at radius 2 is 1.78 bits per heavy atom. The lowest BCUT2D eigenvalue weighted by Gasteiger charge is -2.34. The molecule has 3 rings (SSSR count). The van der Waals surface area contributed by atoms with Gasteiger partial charge in [-0.05, 0) is 44.7 Å². The van der Waals surface area contributed by atoms with Crippen molar-refractivity contribution in [1.82, 2.24) is 0 Å². The van der Waals surface area contributed by atoms with Gasteiger partial charge in [-0.1, -0.05) is 25.5 Å². The van der Waals surface area contributed by atoms with Gasteiger partial charge in [0.15, 0.2) is 11.5 Å². The molecule has 0 spiro atoms. The smallest absolute Gasteiger partial charge is 0.338 e. The number of carbonyl (C=O) groups excluding carboxylic acids is 1. The van der Waals surface area contributed by atoms with Crippen molar-refractivity contribution in [3.63, 3.8) is 0 Å². The number of allylic oxidation sites excluding steroid dienone is 1. The third-order valence-electron chi connectivity index (χ3n) is 6.66. The first-order valence-electron chi connectivity index (χ1n) is 11.2. The van der Waals surface area contributed by atoms with Gasteiger partial charge in [0.2, 0.25) is 5.75 Å². The van der Waals surface area contributed by atoms with E-state index in [0.29, 0.717) is 29.2 Å². The van der Waals surface area contributed by atoms with Crippen LogP contribution in [0, 0.1) is 11.8 Å². The molecule has 1 N–H and O–H groups in total. The molecule has 32 heavy (non-hydrogen) atoms. The zero-order chi connectivity index (χ0) is 23.6.